The fraction of sp³-hybridized carbons (Fsp3) is 0.952. The number of alkyl halides is 12. The number of hydrogen-bond acceptors (Lipinski definition) is 3. The van der Waals surface area contributed by atoms with Crippen molar-refractivity contribution in [2.45, 2.75) is 102 Å². The van der Waals surface area contributed by atoms with E-state index < -0.39 is 84.8 Å². The summed E-state index contributed by atoms with van der Waals surface area (Å²) >= 11 is 0. The van der Waals surface area contributed by atoms with E-state index >= 15 is 0 Å². The van der Waals surface area contributed by atoms with E-state index in [9.17, 15) is 62.6 Å². The van der Waals surface area contributed by atoms with Gasteiger partial charge in [-0.2, -0.15) is 52.7 Å². The fourth-order valence-corrected chi connectivity index (χ4v) is 4.91. The van der Waals surface area contributed by atoms with Crippen molar-refractivity contribution < 1.29 is 67.3 Å². The number of ether oxygens (including phenoxy) is 1. The molecule has 1 rings (SSSR count). The van der Waals surface area contributed by atoms with Crippen LogP contribution >= 0.6 is 0 Å². The third-order valence-electron chi connectivity index (χ3n) is 6.99. The molecule has 1 aliphatic carbocycles. The van der Waals surface area contributed by atoms with E-state index in [1.54, 1.807) is 13.8 Å². The van der Waals surface area contributed by atoms with E-state index in [-0.39, 0.29) is 18.8 Å². The predicted molar refractivity (Wildman–Crippen MR) is 101 cm³/mol. The lowest BCUT2D eigenvalue weighted by Gasteiger charge is -2.48. The average molecular weight is 556 g/mol. The Morgan fingerprint density at radius 1 is 0.778 bits per heavy atom. The molecule has 0 amide bonds. The summed E-state index contributed by atoms with van der Waals surface area (Å²) in [5.74, 6) is -7.67. The Balaban J connectivity index is 3.51. The Morgan fingerprint density at radius 3 is 1.42 bits per heavy atom. The Labute approximate surface area is 199 Å². The molecule has 0 aliphatic heterocycles. The standard InChI is InChI=1S/C21H28F12O3/c1-5-15(4,10-11(2)3)14(34)36-17(20(28,29)30,21(31,32)33)13-8-6-12(7-9-13)16(35,18(22,23)24)19(25,26)27/h11-13,35H,5-10H2,1-4H3. The minimum atomic E-state index is -6.30. The van der Waals surface area contributed by atoms with Gasteiger partial charge in [0.05, 0.1) is 5.41 Å². The second-order valence-corrected chi connectivity index (χ2v) is 9.94. The number of aliphatic hydroxyl groups is 1. The number of halogens is 12. The van der Waals surface area contributed by atoms with Gasteiger partial charge in [0.25, 0.3) is 5.60 Å². The highest BCUT2D eigenvalue weighted by molar-refractivity contribution is 5.77. The second kappa shape index (κ2) is 10.0. The summed E-state index contributed by atoms with van der Waals surface area (Å²) in [6.45, 7) is 5.57. The molecule has 1 N–H and O–H groups in total. The molecule has 1 atom stereocenters. The zero-order valence-electron chi connectivity index (χ0n) is 19.8. The van der Waals surface area contributed by atoms with Crippen molar-refractivity contribution in [2.75, 3.05) is 0 Å². The van der Waals surface area contributed by atoms with Gasteiger partial charge < -0.3 is 9.84 Å². The molecule has 36 heavy (non-hydrogen) atoms. The monoisotopic (exact) mass is 556 g/mol. The lowest BCUT2D eigenvalue weighted by Crippen LogP contribution is -2.67. The van der Waals surface area contributed by atoms with Crippen LogP contribution in [0.25, 0.3) is 0 Å². The molecule has 0 aromatic carbocycles. The average Bonchev–Trinajstić information content (AvgIpc) is 2.67. The molecule has 1 unspecified atom stereocenters. The van der Waals surface area contributed by atoms with Crippen molar-refractivity contribution in [2.24, 2.45) is 23.2 Å². The predicted octanol–water partition coefficient (Wildman–Crippen LogP) is 7.52. The van der Waals surface area contributed by atoms with Crippen LogP contribution in [0.3, 0.4) is 0 Å². The quantitative estimate of drug-likeness (QED) is 0.261. The lowest BCUT2D eigenvalue weighted by atomic mass is 9.67. The third-order valence-corrected chi connectivity index (χ3v) is 6.99. The summed E-state index contributed by atoms with van der Waals surface area (Å²) in [5.41, 5.74) is -12.3. The van der Waals surface area contributed by atoms with Gasteiger partial charge in [0, 0.05) is 11.8 Å². The molecule has 0 bridgehead atoms. The molecule has 0 saturated heterocycles. The van der Waals surface area contributed by atoms with Crippen LogP contribution in [0.2, 0.25) is 0 Å². The summed E-state index contributed by atoms with van der Waals surface area (Å²) in [7, 11) is 0. The number of carbonyl (C=O) groups excluding carboxylic acids is 1. The molecular weight excluding hydrogens is 528 g/mol. The Kier molecular flexibility index (Phi) is 9.10. The van der Waals surface area contributed by atoms with E-state index in [1.165, 1.54) is 6.92 Å². The molecule has 0 aromatic rings. The van der Waals surface area contributed by atoms with Crippen LogP contribution in [-0.4, -0.2) is 47.0 Å². The van der Waals surface area contributed by atoms with E-state index in [4.69, 9.17) is 0 Å². The molecule has 0 aromatic heterocycles. The normalized spacial score (nSPS) is 22.9. The maximum Gasteiger partial charge on any atom is 0.437 e. The largest absolute Gasteiger partial charge is 0.439 e. The fourth-order valence-electron chi connectivity index (χ4n) is 4.91. The van der Waals surface area contributed by atoms with Gasteiger partial charge in [-0.1, -0.05) is 20.8 Å². The van der Waals surface area contributed by atoms with Crippen molar-refractivity contribution in [1.82, 2.24) is 0 Å². The minimum Gasteiger partial charge on any atom is -0.439 e. The molecule has 0 spiro atoms. The zero-order valence-corrected chi connectivity index (χ0v) is 19.8. The van der Waals surface area contributed by atoms with Gasteiger partial charge in [-0.15, -0.1) is 0 Å². The summed E-state index contributed by atoms with van der Waals surface area (Å²) in [6, 6.07) is 0. The van der Waals surface area contributed by atoms with Crippen molar-refractivity contribution in [3.05, 3.63) is 0 Å². The van der Waals surface area contributed by atoms with Crippen LogP contribution in [-0.2, 0) is 9.53 Å². The van der Waals surface area contributed by atoms with Crippen LogP contribution in [0.1, 0.15) is 66.2 Å². The van der Waals surface area contributed by atoms with Crippen LogP contribution in [0, 0.1) is 23.2 Å². The first-order chi connectivity index (χ1) is 15.8. The van der Waals surface area contributed by atoms with E-state index in [1.807, 2.05) is 0 Å². The molecule has 15 heteroatoms. The summed E-state index contributed by atoms with van der Waals surface area (Å²) in [4.78, 5) is 12.7. The molecule has 0 heterocycles. The first-order valence-electron chi connectivity index (χ1n) is 11.0. The van der Waals surface area contributed by atoms with Crippen molar-refractivity contribution in [3.63, 3.8) is 0 Å². The zero-order chi connectivity index (χ0) is 28.8. The maximum absolute atomic E-state index is 14.1. The number of carbonyl (C=O) groups is 1. The maximum atomic E-state index is 14.1. The van der Waals surface area contributed by atoms with Gasteiger partial charge in [0.15, 0.2) is 0 Å². The van der Waals surface area contributed by atoms with Crippen molar-refractivity contribution >= 4 is 5.97 Å². The number of esters is 1. The van der Waals surface area contributed by atoms with E-state index in [2.05, 4.69) is 4.74 Å². The van der Waals surface area contributed by atoms with Gasteiger partial charge in [-0.3, -0.25) is 4.79 Å². The highest BCUT2D eigenvalue weighted by atomic mass is 19.4. The lowest BCUT2D eigenvalue weighted by molar-refractivity contribution is -0.400. The Morgan fingerprint density at radius 2 is 1.14 bits per heavy atom. The van der Waals surface area contributed by atoms with Gasteiger partial charge >= 0.3 is 36.3 Å². The summed E-state index contributed by atoms with van der Waals surface area (Å²) in [6.07, 6.45) is -31.4. The van der Waals surface area contributed by atoms with Gasteiger partial charge in [0.2, 0.25) is 0 Å². The Bertz CT molecular complexity index is 730. The minimum absolute atomic E-state index is 0.148. The van der Waals surface area contributed by atoms with E-state index in [0.29, 0.717) is 0 Å². The summed E-state index contributed by atoms with van der Waals surface area (Å²) < 4.78 is 168. The first-order valence-corrected chi connectivity index (χ1v) is 11.0. The molecule has 3 nitrogen and oxygen atoms in total. The Hall–Kier alpha value is -1.41. The topological polar surface area (TPSA) is 46.5 Å². The molecule has 1 aliphatic rings. The van der Waals surface area contributed by atoms with Gasteiger partial charge in [-0.25, -0.2) is 0 Å². The van der Waals surface area contributed by atoms with Crippen LogP contribution in [0.5, 0.6) is 0 Å². The van der Waals surface area contributed by atoms with Gasteiger partial charge in [-0.05, 0) is 51.4 Å². The SMILES string of the molecule is CCC(C)(CC(C)C)C(=O)OC(C1CCC(C(O)(C(F)(F)F)C(F)(F)F)CC1)(C(F)(F)F)C(F)(F)F. The number of hydrogen-bond donors (Lipinski definition) is 1. The van der Waals surface area contributed by atoms with E-state index in [0.717, 1.165) is 6.92 Å². The van der Waals surface area contributed by atoms with Crippen LogP contribution < -0.4 is 0 Å². The van der Waals surface area contributed by atoms with Gasteiger partial charge in [0.1, 0.15) is 0 Å². The number of rotatable bonds is 7. The summed E-state index contributed by atoms with van der Waals surface area (Å²) in [5, 5.41) is 9.51. The first kappa shape index (κ1) is 32.6. The third kappa shape index (κ3) is 5.69. The molecule has 1 fully saturated rings. The second-order valence-electron chi connectivity index (χ2n) is 9.94. The van der Waals surface area contributed by atoms with Crippen molar-refractivity contribution in [3.8, 4) is 0 Å². The smallest absolute Gasteiger partial charge is 0.437 e. The molecular formula is C21H28F12O3. The van der Waals surface area contributed by atoms with Crippen LogP contribution in [0.15, 0.2) is 0 Å². The van der Waals surface area contributed by atoms with Crippen LogP contribution in [0.4, 0.5) is 52.7 Å². The highest BCUT2D eigenvalue weighted by Gasteiger charge is 2.79. The molecule has 0 radical (unpaired) electrons. The van der Waals surface area contributed by atoms with Crippen molar-refractivity contribution in [1.29, 1.82) is 0 Å². The molecule has 214 valence electrons. The highest BCUT2D eigenvalue weighted by Crippen LogP contribution is 2.58. The molecule has 1 saturated carbocycles.